The molecule has 0 unspecified atom stereocenters. The zero-order valence-electron chi connectivity index (χ0n) is 14.2. The Morgan fingerprint density at radius 2 is 1.88 bits per heavy atom. The van der Waals surface area contributed by atoms with E-state index in [0.717, 1.165) is 5.69 Å². The van der Waals surface area contributed by atoms with Crippen molar-refractivity contribution in [1.82, 2.24) is 9.99 Å². The highest BCUT2D eigenvalue weighted by atomic mass is 16.5. The van der Waals surface area contributed by atoms with Gasteiger partial charge in [-0.15, -0.1) is 0 Å². The fourth-order valence-electron chi connectivity index (χ4n) is 2.24. The van der Waals surface area contributed by atoms with Gasteiger partial charge in [-0.1, -0.05) is 0 Å². The number of nitrogens with one attached hydrogen (secondary N) is 1. The molecule has 0 spiro atoms. The highest BCUT2D eigenvalue weighted by molar-refractivity contribution is 5.84. The van der Waals surface area contributed by atoms with Crippen LogP contribution in [0.2, 0.25) is 0 Å². The molecule has 0 saturated carbocycles. The zero-order valence-corrected chi connectivity index (χ0v) is 14.2. The van der Waals surface area contributed by atoms with E-state index in [2.05, 4.69) is 10.5 Å². The normalized spacial score (nSPS) is 10.7. The average molecular weight is 331 g/mol. The third-order valence-electron chi connectivity index (χ3n) is 3.48. The van der Waals surface area contributed by atoms with Gasteiger partial charge in [0.1, 0.15) is 0 Å². The number of benzene rings is 1. The standard InChI is InChI=1S/C17H21N3O4/c1-20-7-5-6-13(20)10-16(21)19-18-11-12-8-14(22-2)17(24-4)15(9-12)23-3/h5-9,11H,10H2,1-4H3,(H,19,21)/b18-11-. The Kier molecular flexibility index (Phi) is 5.83. The van der Waals surface area contributed by atoms with Crippen molar-refractivity contribution in [3.05, 3.63) is 41.7 Å². The van der Waals surface area contributed by atoms with Crippen LogP contribution in [0.15, 0.2) is 35.6 Å². The molecule has 1 N–H and O–H groups in total. The number of aryl methyl sites for hydroxylation is 1. The molecule has 7 heteroatoms. The van der Waals surface area contributed by atoms with Crippen molar-refractivity contribution in [1.29, 1.82) is 0 Å². The minimum Gasteiger partial charge on any atom is -0.493 e. The molecule has 7 nitrogen and oxygen atoms in total. The second kappa shape index (κ2) is 8.05. The van der Waals surface area contributed by atoms with Crippen LogP contribution in [0, 0.1) is 0 Å². The first-order chi connectivity index (χ1) is 11.6. The first-order valence-corrected chi connectivity index (χ1v) is 7.31. The number of amides is 1. The van der Waals surface area contributed by atoms with Gasteiger partial charge in [0.2, 0.25) is 11.7 Å². The number of nitrogens with zero attached hydrogens (tertiary/aromatic N) is 2. The number of carbonyl (C=O) groups excluding carboxylic acids is 1. The molecule has 0 radical (unpaired) electrons. The summed E-state index contributed by atoms with van der Waals surface area (Å²) >= 11 is 0. The topological polar surface area (TPSA) is 74.1 Å². The number of carbonyl (C=O) groups is 1. The van der Waals surface area contributed by atoms with E-state index in [1.54, 1.807) is 26.4 Å². The van der Waals surface area contributed by atoms with Crippen molar-refractivity contribution in [3.8, 4) is 17.2 Å². The molecule has 2 rings (SSSR count). The van der Waals surface area contributed by atoms with E-state index < -0.39 is 0 Å². The van der Waals surface area contributed by atoms with Crippen molar-refractivity contribution in [2.24, 2.45) is 12.1 Å². The smallest absolute Gasteiger partial charge is 0.245 e. The molecule has 1 amide bonds. The van der Waals surface area contributed by atoms with Crippen molar-refractivity contribution in [2.75, 3.05) is 21.3 Å². The molecule has 0 atom stereocenters. The molecule has 1 heterocycles. The van der Waals surface area contributed by atoms with Crippen LogP contribution in [0.4, 0.5) is 0 Å². The van der Waals surface area contributed by atoms with Gasteiger partial charge in [-0.05, 0) is 24.3 Å². The molecule has 0 aliphatic carbocycles. The lowest BCUT2D eigenvalue weighted by Crippen LogP contribution is -2.20. The monoisotopic (exact) mass is 331 g/mol. The molecule has 0 saturated heterocycles. The SMILES string of the molecule is COc1cc(/C=N\NC(=O)Cc2cccn2C)cc(OC)c1OC. The molecule has 128 valence electrons. The van der Waals surface area contributed by atoms with Gasteiger partial charge in [0.05, 0.1) is 34.0 Å². The minimum absolute atomic E-state index is 0.194. The summed E-state index contributed by atoms with van der Waals surface area (Å²) in [6.45, 7) is 0. The molecule has 0 fully saturated rings. The van der Waals surface area contributed by atoms with Gasteiger partial charge in [-0.3, -0.25) is 4.79 Å². The highest BCUT2D eigenvalue weighted by Gasteiger charge is 2.12. The van der Waals surface area contributed by atoms with E-state index in [1.165, 1.54) is 13.3 Å². The van der Waals surface area contributed by atoms with Gasteiger partial charge >= 0.3 is 0 Å². The van der Waals surface area contributed by atoms with E-state index in [1.807, 2.05) is 29.9 Å². The average Bonchev–Trinajstić information content (AvgIpc) is 2.98. The molecule has 1 aromatic carbocycles. The van der Waals surface area contributed by atoms with Crippen LogP contribution >= 0.6 is 0 Å². The largest absolute Gasteiger partial charge is 0.493 e. The number of aromatic nitrogens is 1. The Labute approximate surface area is 140 Å². The lowest BCUT2D eigenvalue weighted by Gasteiger charge is -2.12. The number of hydrogen-bond donors (Lipinski definition) is 1. The van der Waals surface area contributed by atoms with Gasteiger partial charge in [-0.2, -0.15) is 5.10 Å². The molecule has 0 bridgehead atoms. The Hall–Kier alpha value is -2.96. The Morgan fingerprint density at radius 3 is 2.38 bits per heavy atom. The second-order valence-corrected chi connectivity index (χ2v) is 5.04. The Bertz CT molecular complexity index is 712. The van der Waals surface area contributed by atoms with Crippen molar-refractivity contribution in [3.63, 3.8) is 0 Å². The van der Waals surface area contributed by atoms with E-state index in [4.69, 9.17) is 14.2 Å². The molecule has 0 aliphatic heterocycles. The Morgan fingerprint density at radius 1 is 1.21 bits per heavy atom. The Balaban J connectivity index is 2.06. The third-order valence-corrected chi connectivity index (χ3v) is 3.48. The van der Waals surface area contributed by atoms with Crippen LogP contribution in [0.3, 0.4) is 0 Å². The van der Waals surface area contributed by atoms with Gasteiger partial charge < -0.3 is 18.8 Å². The lowest BCUT2D eigenvalue weighted by atomic mass is 10.2. The summed E-state index contributed by atoms with van der Waals surface area (Å²) in [5.41, 5.74) is 4.13. The van der Waals surface area contributed by atoms with Crippen molar-refractivity contribution >= 4 is 12.1 Å². The van der Waals surface area contributed by atoms with Crippen LogP contribution in [0.1, 0.15) is 11.3 Å². The van der Waals surface area contributed by atoms with Crippen molar-refractivity contribution < 1.29 is 19.0 Å². The van der Waals surface area contributed by atoms with E-state index >= 15 is 0 Å². The molecule has 2 aromatic rings. The number of rotatable bonds is 7. The van der Waals surface area contributed by atoms with Crippen molar-refractivity contribution in [2.45, 2.75) is 6.42 Å². The van der Waals surface area contributed by atoms with Crippen LogP contribution in [-0.2, 0) is 18.3 Å². The number of hydrogen-bond acceptors (Lipinski definition) is 5. The van der Waals surface area contributed by atoms with Gasteiger partial charge in [-0.25, -0.2) is 5.43 Å². The summed E-state index contributed by atoms with van der Waals surface area (Å²) < 4.78 is 17.7. The molecular weight excluding hydrogens is 310 g/mol. The first-order valence-electron chi connectivity index (χ1n) is 7.31. The summed E-state index contributed by atoms with van der Waals surface area (Å²) in [6.07, 6.45) is 3.67. The maximum atomic E-state index is 11.9. The molecule has 1 aromatic heterocycles. The maximum Gasteiger partial charge on any atom is 0.245 e. The van der Waals surface area contributed by atoms with Gasteiger partial charge in [0, 0.05) is 24.5 Å². The summed E-state index contributed by atoms with van der Waals surface area (Å²) in [4.78, 5) is 11.9. The molecular formula is C17H21N3O4. The second-order valence-electron chi connectivity index (χ2n) is 5.04. The van der Waals surface area contributed by atoms with Gasteiger partial charge in [0.25, 0.3) is 0 Å². The summed E-state index contributed by atoms with van der Waals surface area (Å²) in [7, 11) is 6.51. The number of methoxy groups -OCH3 is 3. The molecule has 24 heavy (non-hydrogen) atoms. The number of ether oxygens (including phenoxy) is 3. The quantitative estimate of drug-likeness (QED) is 0.619. The predicted molar refractivity (Wildman–Crippen MR) is 91.0 cm³/mol. The first kappa shape index (κ1) is 17.4. The summed E-state index contributed by atoms with van der Waals surface area (Å²) in [5, 5.41) is 3.97. The van der Waals surface area contributed by atoms with E-state index in [9.17, 15) is 4.79 Å². The van der Waals surface area contributed by atoms with Crippen LogP contribution in [0.5, 0.6) is 17.2 Å². The fraction of sp³-hybridized carbons (Fsp3) is 0.294. The van der Waals surface area contributed by atoms with Crippen LogP contribution in [0.25, 0.3) is 0 Å². The van der Waals surface area contributed by atoms with E-state index in [-0.39, 0.29) is 12.3 Å². The fourth-order valence-corrected chi connectivity index (χ4v) is 2.24. The van der Waals surface area contributed by atoms with Crippen LogP contribution in [-0.4, -0.2) is 38.0 Å². The number of hydrazone groups is 1. The highest BCUT2D eigenvalue weighted by Crippen LogP contribution is 2.37. The molecule has 0 aliphatic rings. The third kappa shape index (κ3) is 4.07. The summed E-state index contributed by atoms with van der Waals surface area (Å²) in [5.74, 6) is 1.35. The van der Waals surface area contributed by atoms with E-state index in [0.29, 0.717) is 22.8 Å². The summed E-state index contributed by atoms with van der Waals surface area (Å²) in [6, 6.07) is 7.27. The van der Waals surface area contributed by atoms with Crippen LogP contribution < -0.4 is 19.6 Å². The lowest BCUT2D eigenvalue weighted by molar-refractivity contribution is -0.120. The predicted octanol–water partition coefficient (Wildman–Crippen LogP) is 1.74. The van der Waals surface area contributed by atoms with Gasteiger partial charge in [0.15, 0.2) is 11.5 Å². The minimum atomic E-state index is -0.194. The maximum absolute atomic E-state index is 11.9. The zero-order chi connectivity index (χ0) is 17.5.